The van der Waals surface area contributed by atoms with Gasteiger partial charge in [-0.25, -0.2) is 4.98 Å². The van der Waals surface area contributed by atoms with Crippen LogP contribution in [-0.4, -0.2) is 37.0 Å². The Hall–Kier alpha value is -2.31. The van der Waals surface area contributed by atoms with E-state index in [1.807, 2.05) is 6.07 Å². The summed E-state index contributed by atoms with van der Waals surface area (Å²) in [6.07, 6.45) is 3.69. The van der Waals surface area contributed by atoms with Gasteiger partial charge in [0.2, 0.25) is 5.91 Å². The molecule has 1 aromatic carbocycles. The second-order valence-corrected chi connectivity index (χ2v) is 6.65. The Morgan fingerprint density at radius 2 is 1.81 bits per heavy atom. The highest BCUT2D eigenvalue weighted by Gasteiger charge is 2.03. The van der Waals surface area contributed by atoms with E-state index >= 15 is 0 Å². The molecular formula is C19H23Cl2N5O. The molecule has 0 unspecified atom stereocenters. The van der Waals surface area contributed by atoms with Crippen molar-refractivity contribution >= 4 is 40.8 Å². The van der Waals surface area contributed by atoms with Gasteiger partial charge >= 0.3 is 0 Å². The third kappa shape index (κ3) is 8.28. The summed E-state index contributed by atoms with van der Waals surface area (Å²) in [4.78, 5) is 20.2. The van der Waals surface area contributed by atoms with Gasteiger partial charge in [-0.05, 0) is 48.7 Å². The molecule has 0 fully saturated rings. The lowest BCUT2D eigenvalue weighted by molar-refractivity contribution is -0.116. The maximum atomic E-state index is 11.9. The van der Waals surface area contributed by atoms with Gasteiger partial charge in [0, 0.05) is 43.5 Å². The molecule has 2 rings (SSSR count). The normalized spacial score (nSPS) is 11.1. The second kappa shape index (κ2) is 11.4. The van der Waals surface area contributed by atoms with E-state index in [0.29, 0.717) is 35.5 Å². The summed E-state index contributed by atoms with van der Waals surface area (Å²) in [7, 11) is 1.71. The molecule has 144 valence electrons. The quantitative estimate of drug-likeness (QED) is 0.270. The molecule has 0 spiro atoms. The number of halogens is 2. The van der Waals surface area contributed by atoms with E-state index in [2.05, 4.69) is 25.9 Å². The van der Waals surface area contributed by atoms with E-state index in [1.54, 1.807) is 43.6 Å². The smallest absolute Gasteiger partial charge is 0.224 e. The van der Waals surface area contributed by atoms with Crippen LogP contribution in [-0.2, 0) is 11.2 Å². The van der Waals surface area contributed by atoms with Crippen molar-refractivity contribution < 1.29 is 4.79 Å². The number of aromatic nitrogens is 1. The lowest BCUT2D eigenvalue weighted by atomic mass is 10.2. The first-order valence-electron chi connectivity index (χ1n) is 8.67. The SMILES string of the molecule is CN=C(NCCCC(=O)Nc1ccc(Cl)cc1)NCCc1ccc(Cl)nc1. The third-order valence-corrected chi connectivity index (χ3v) is 4.19. The van der Waals surface area contributed by atoms with Gasteiger partial charge in [-0.15, -0.1) is 0 Å². The Labute approximate surface area is 169 Å². The molecule has 1 aromatic heterocycles. The fourth-order valence-electron chi connectivity index (χ4n) is 2.31. The average molecular weight is 408 g/mol. The lowest BCUT2D eigenvalue weighted by Gasteiger charge is -2.12. The Bertz CT molecular complexity index is 748. The van der Waals surface area contributed by atoms with Crippen molar-refractivity contribution in [3.05, 3.63) is 58.3 Å². The zero-order chi connectivity index (χ0) is 19.5. The van der Waals surface area contributed by atoms with Gasteiger partial charge in [0.25, 0.3) is 0 Å². The lowest BCUT2D eigenvalue weighted by Crippen LogP contribution is -2.38. The van der Waals surface area contributed by atoms with Crippen LogP contribution >= 0.6 is 23.2 Å². The molecule has 0 atom stereocenters. The second-order valence-electron chi connectivity index (χ2n) is 5.82. The topological polar surface area (TPSA) is 78.4 Å². The fourth-order valence-corrected chi connectivity index (χ4v) is 2.55. The number of rotatable bonds is 8. The highest BCUT2D eigenvalue weighted by atomic mass is 35.5. The van der Waals surface area contributed by atoms with Crippen molar-refractivity contribution in [2.45, 2.75) is 19.3 Å². The molecule has 0 saturated carbocycles. The summed E-state index contributed by atoms with van der Waals surface area (Å²) in [6.45, 7) is 1.37. The fraction of sp³-hybridized carbons (Fsp3) is 0.316. The van der Waals surface area contributed by atoms with E-state index in [-0.39, 0.29) is 5.91 Å². The first-order valence-corrected chi connectivity index (χ1v) is 9.43. The number of carbonyl (C=O) groups excluding carboxylic acids is 1. The van der Waals surface area contributed by atoms with Gasteiger partial charge in [-0.1, -0.05) is 29.3 Å². The van der Waals surface area contributed by atoms with Crippen molar-refractivity contribution in [2.24, 2.45) is 4.99 Å². The highest BCUT2D eigenvalue weighted by Crippen LogP contribution is 2.13. The Morgan fingerprint density at radius 3 is 2.48 bits per heavy atom. The monoisotopic (exact) mass is 407 g/mol. The van der Waals surface area contributed by atoms with Crippen LogP contribution in [0.15, 0.2) is 47.6 Å². The number of carbonyl (C=O) groups is 1. The molecule has 1 amide bonds. The maximum Gasteiger partial charge on any atom is 0.224 e. The van der Waals surface area contributed by atoms with Crippen LogP contribution in [0, 0.1) is 0 Å². The van der Waals surface area contributed by atoms with Crippen molar-refractivity contribution in [2.75, 3.05) is 25.5 Å². The molecule has 0 aliphatic heterocycles. The standard InChI is InChI=1S/C19H23Cl2N5O/c1-22-19(24-12-10-14-4-9-17(21)25-13-14)23-11-2-3-18(27)26-16-7-5-15(20)6-8-16/h4-9,13H,2-3,10-12H2,1H3,(H,26,27)(H2,22,23,24). The van der Waals surface area contributed by atoms with Crippen LogP contribution in [0.5, 0.6) is 0 Å². The Balaban J connectivity index is 1.60. The van der Waals surface area contributed by atoms with Crippen LogP contribution in [0.4, 0.5) is 5.69 Å². The highest BCUT2D eigenvalue weighted by molar-refractivity contribution is 6.30. The van der Waals surface area contributed by atoms with E-state index in [4.69, 9.17) is 23.2 Å². The predicted octanol–water partition coefficient (Wildman–Crippen LogP) is 3.51. The summed E-state index contributed by atoms with van der Waals surface area (Å²) in [6, 6.07) is 10.8. The molecule has 2 aromatic rings. The van der Waals surface area contributed by atoms with Crippen molar-refractivity contribution in [1.82, 2.24) is 15.6 Å². The number of hydrogen-bond donors (Lipinski definition) is 3. The first kappa shape index (κ1) is 21.0. The minimum Gasteiger partial charge on any atom is -0.356 e. The van der Waals surface area contributed by atoms with Crippen molar-refractivity contribution in [3.8, 4) is 0 Å². The van der Waals surface area contributed by atoms with Crippen LogP contribution in [0.1, 0.15) is 18.4 Å². The number of hydrogen-bond acceptors (Lipinski definition) is 3. The van der Waals surface area contributed by atoms with Crippen molar-refractivity contribution in [3.63, 3.8) is 0 Å². The number of benzene rings is 1. The summed E-state index contributed by atoms with van der Waals surface area (Å²) in [5, 5.41) is 10.4. The first-order chi connectivity index (χ1) is 13.1. The summed E-state index contributed by atoms with van der Waals surface area (Å²) in [5.41, 5.74) is 1.84. The van der Waals surface area contributed by atoms with Crippen LogP contribution in [0.25, 0.3) is 0 Å². The Morgan fingerprint density at radius 1 is 1.07 bits per heavy atom. The molecular weight excluding hydrogens is 385 g/mol. The largest absolute Gasteiger partial charge is 0.356 e. The van der Waals surface area contributed by atoms with Crippen LogP contribution in [0.2, 0.25) is 10.2 Å². The number of nitrogens with zero attached hydrogens (tertiary/aromatic N) is 2. The molecule has 1 heterocycles. The van der Waals surface area contributed by atoms with Crippen LogP contribution in [0.3, 0.4) is 0 Å². The molecule has 3 N–H and O–H groups in total. The van der Waals surface area contributed by atoms with Gasteiger partial charge in [-0.3, -0.25) is 9.79 Å². The molecule has 0 radical (unpaired) electrons. The third-order valence-electron chi connectivity index (χ3n) is 3.72. The number of amides is 1. The maximum absolute atomic E-state index is 11.9. The Kier molecular flexibility index (Phi) is 8.87. The number of nitrogens with one attached hydrogen (secondary N) is 3. The molecule has 0 aliphatic carbocycles. The summed E-state index contributed by atoms with van der Waals surface area (Å²) in [5.74, 6) is 0.673. The number of anilines is 1. The summed E-state index contributed by atoms with van der Waals surface area (Å²) >= 11 is 11.6. The minimum absolute atomic E-state index is 0.0303. The van der Waals surface area contributed by atoms with Crippen LogP contribution < -0.4 is 16.0 Å². The minimum atomic E-state index is -0.0303. The number of aliphatic imine (C=N–C) groups is 1. The van der Waals surface area contributed by atoms with E-state index in [1.165, 1.54) is 0 Å². The summed E-state index contributed by atoms with van der Waals surface area (Å²) < 4.78 is 0. The molecule has 0 bridgehead atoms. The molecule has 27 heavy (non-hydrogen) atoms. The molecule has 8 heteroatoms. The molecule has 0 aliphatic rings. The predicted molar refractivity (Wildman–Crippen MR) is 112 cm³/mol. The van der Waals surface area contributed by atoms with E-state index in [9.17, 15) is 4.79 Å². The van der Waals surface area contributed by atoms with Gasteiger partial charge in [-0.2, -0.15) is 0 Å². The van der Waals surface area contributed by atoms with Crippen molar-refractivity contribution in [1.29, 1.82) is 0 Å². The number of guanidine groups is 1. The molecule has 6 nitrogen and oxygen atoms in total. The van der Waals surface area contributed by atoms with E-state index in [0.717, 1.165) is 24.2 Å². The van der Waals surface area contributed by atoms with Gasteiger partial charge in [0.05, 0.1) is 0 Å². The zero-order valence-corrected chi connectivity index (χ0v) is 16.6. The molecule has 0 saturated heterocycles. The average Bonchev–Trinajstić information content (AvgIpc) is 2.67. The zero-order valence-electron chi connectivity index (χ0n) is 15.1. The van der Waals surface area contributed by atoms with Gasteiger partial charge < -0.3 is 16.0 Å². The van der Waals surface area contributed by atoms with Gasteiger partial charge in [0.15, 0.2) is 5.96 Å². The number of pyridine rings is 1. The van der Waals surface area contributed by atoms with Gasteiger partial charge in [0.1, 0.15) is 5.15 Å². The van der Waals surface area contributed by atoms with E-state index < -0.39 is 0 Å².